The normalized spacial score (nSPS) is 11.1. The van der Waals surface area contributed by atoms with Crippen molar-refractivity contribution in [3.8, 4) is 17.2 Å². The Bertz CT molecular complexity index is 1280. The van der Waals surface area contributed by atoms with Crippen molar-refractivity contribution in [1.29, 1.82) is 0 Å². The molecule has 0 fully saturated rings. The zero-order valence-corrected chi connectivity index (χ0v) is 19.6. The largest absolute Gasteiger partial charge is 0.484 e. The highest BCUT2D eigenvalue weighted by Gasteiger charge is 2.20. The Labute approximate surface area is 203 Å². The lowest BCUT2D eigenvalue weighted by Gasteiger charge is -2.21. The van der Waals surface area contributed by atoms with Crippen molar-refractivity contribution >= 4 is 33.7 Å². The molecule has 3 aromatic rings. The van der Waals surface area contributed by atoms with Crippen LogP contribution in [0.3, 0.4) is 0 Å². The highest BCUT2D eigenvalue weighted by Crippen LogP contribution is 2.25. The summed E-state index contributed by atoms with van der Waals surface area (Å²) >= 11 is 0. The molecule has 0 bridgehead atoms. The number of carbonyl (C=O) groups is 2. The standard InChI is InChI=1S/C24H24N4O6S/c1-35(31,32)28(19-9-13-22(14-10-19)34-21-5-3-2-4-6-21)16-24(30)27-26-15-18-7-11-20(12-8-18)33-17-23(25)29/h2-15H,16-17H2,1H3,(H2,25,29)(H,27,30)/b26-15-. The smallest absolute Gasteiger partial charge is 0.260 e. The maximum Gasteiger partial charge on any atom is 0.260 e. The lowest BCUT2D eigenvalue weighted by atomic mass is 10.2. The molecule has 0 atom stereocenters. The number of hydrogen-bond donors (Lipinski definition) is 2. The second-order valence-corrected chi connectivity index (χ2v) is 9.20. The van der Waals surface area contributed by atoms with E-state index < -0.39 is 28.4 Å². The highest BCUT2D eigenvalue weighted by molar-refractivity contribution is 7.92. The molecule has 0 unspecified atom stereocenters. The van der Waals surface area contributed by atoms with E-state index in [2.05, 4.69) is 10.5 Å². The molecule has 0 spiro atoms. The Balaban J connectivity index is 1.59. The Morgan fingerprint density at radius 1 is 0.943 bits per heavy atom. The maximum absolute atomic E-state index is 12.4. The molecule has 0 saturated heterocycles. The van der Waals surface area contributed by atoms with E-state index in [1.54, 1.807) is 60.7 Å². The molecule has 0 radical (unpaired) electrons. The molecule has 0 aliphatic heterocycles. The molecule has 3 N–H and O–H groups in total. The first-order valence-corrected chi connectivity index (χ1v) is 12.2. The van der Waals surface area contributed by atoms with E-state index in [4.69, 9.17) is 15.2 Å². The van der Waals surface area contributed by atoms with Gasteiger partial charge < -0.3 is 15.2 Å². The number of primary amides is 1. The van der Waals surface area contributed by atoms with Crippen molar-refractivity contribution in [2.75, 3.05) is 23.7 Å². The van der Waals surface area contributed by atoms with E-state index in [0.717, 1.165) is 10.6 Å². The third-order valence-corrected chi connectivity index (χ3v) is 5.60. The molecule has 0 saturated carbocycles. The predicted molar refractivity (Wildman–Crippen MR) is 132 cm³/mol. The Hall–Kier alpha value is -4.38. The summed E-state index contributed by atoms with van der Waals surface area (Å²) in [6.45, 7) is -0.696. The van der Waals surface area contributed by atoms with E-state index in [1.807, 2.05) is 18.2 Å². The average molecular weight is 497 g/mol. The number of carbonyl (C=O) groups excluding carboxylic acids is 2. The van der Waals surface area contributed by atoms with Crippen LogP contribution in [-0.4, -0.2) is 45.9 Å². The van der Waals surface area contributed by atoms with Gasteiger partial charge in [-0.25, -0.2) is 13.8 Å². The van der Waals surface area contributed by atoms with Gasteiger partial charge in [0.2, 0.25) is 10.0 Å². The van der Waals surface area contributed by atoms with Crippen molar-refractivity contribution in [2.24, 2.45) is 10.8 Å². The first-order chi connectivity index (χ1) is 16.7. The molecule has 3 rings (SSSR count). The van der Waals surface area contributed by atoms with Gasteiger partial charge in [-0.15, -0.1) is 0 Å². The maximum atomic E-state index is 12.4. The van der Waals surface area contributed by atoms with Crippen LogP contribution in [0.15, 0.2) is 84.0 Å². The van der Waals surface area contributed by atoms with Gasteiger partial charge in [-0.3, -0.25) is 13.9 Å². The van der Waals surface area contributed by atoms with Crippen LogP contribution in [0.1, 0.15) is 5.56 Å². The van der Waals surface area contributed by atoms with Gasteiger partial charge in [0.1, 0.15) is 23.8 Å². The number of rotatable bonds is 11. The first kappa shape index (κ1) is 25.2. The van der Waals surface area contributed by atoms with E-state index >= 15 is 0 Å². The quantitative estimate of drug-likeness (QED) is 0.308. The van der Waals surface area contributed by atoms with Gasteiger partial charge in [0.15, 0.2) is 6.61 Å². The zero-order chi connectivity index (χ0) is 25.3. The number of nitrogens with two attached hydrogens (primary N) is 1. The molecule has 3 aromatic carbocycles. The summed E-state index contributed by atoms with van der Waals surface area (Å²) in [6, 6.07) is 22.0. The second-order valence-electron chi connectivity index (χ2n) is 7.30. The van der Waals surface area contributed by atoms with Crippen LogP contribution in [0.25, 0.3) is 0 Å². The second kappa shape index (κ2) is 11.7. The summed E-state index contributed by atoms with van der Waals surface area (Å²) in [5, 5.41) is 3.85. The minimum absolute atomic E-state index is 0.233. The molecule has 182 valence electrons. The number of ether oxygens (including phenoxy) is 2. The monoisotopic (exact) mass is 496 g/mol. The van der Waals surface area contributed by atoms with Crippen LogP contribution in [0.4, 0.5) is 5.69 Å². The number of amides is 2. The molecule has 0 aromatic heterocycles. The van der Waals surface area contributed by atoms with E-state index in [-0.39, 0.29) is 6.61 Å². The van der Waals surface area contributed by atoms with Crippen molar-refractivity contribution in [3.05, 3.63) is 84.4 Å². The average Bonchev–Trinajstić information content (AvgIpc) is 2.83. The van der Waals surface area contributed by atoms with E-state index in [1.165, 1.54) is 6.21 Å². The van der Waals surface area contributed by atoms with Crippen LogP contribution in [0.5, 0.6) is 17.2 Å². The van der Waals surface area contributed by atoms with E-state index in [9.17, 15) is 18.0 Å². The number of benzene rings is 3. The summed E-state index contributed by atoms with van der Waals surface area (Å²) in [4.78, 5) is 23.1. The zero-order valence-electron chi connectivity index (χ0n) is 18.8. The van der Waals surface area contributed by atoms with Crippen molar-refractivity contribution in [3.63, 3.8) is 0 Å². The predicted octanol–water partition coefficient (Wildman–Crippen LogP) is 2.26. The Morgan fingerprint density at radius 2 is 1.54 bits per heavy atom. The summed E-state index contributed by atoms with van der Waals surface area (Å²) in [5.74, 6) is 0.406. The van der Waals surface area contributed by atoms with E-state index in [0.29, 0.717) is 28.5 Å². The SMILES string of the molecule is CS(=O)(=O)N(CC(=O)N/N=C\c1ccc(OCC(N)=O)cc1)c1ccc(Oc2ccccc2)cc1. The van der Waals surface area contributed by atoms with Gasteiger partial charge in [0.05, 0.1) is 18.2 Å². The van der Waals surface area contributed by atoms with Gasteiger partial charge in [-0.2, -0.15) is 5.10 Å². The molecule has 0 aliphatic rings. The summed E-state index contributed by atoms with van der Waals surface area (Å²) in [6.07, 6.45) is 2.40. The van der Waals surface area contributed by atoms with Crippen molar-refractivity contribution < 1.29 is 27.5 Å². The molecule has 0 aliphatic carbocycles. The lowest BCUT2D eigenvalue weighted by Crippen LogP contribution is -2.38. The Kier molecular flexibility index (Phi) is 8.41. The minimum atomic E-state index is -3.75. The fourth-order valence-corrected chi connectivity index (χ4v) is 3.71. The lowest BCUT2D eigenvalue weighted by molar-refractivity contribution is -0.120. The third-order valence-electron chi connectivity index (χ3n) is 4.46. The summed E-state index contributed by atoms with van der Waals surface area (Å²) in [7, 11) is -3.75. The number of nitrogens with zero attached hydrogens (tertiary/aromatic N) is 2. The fraction of sp³-hybridized carbons (Fsp3) is 0.125. The number of para-hydroxylation sites is 1. The number of hydrogen-bond acceptors (Lipinski definition) is 7. The van der Waals surface area contributed by atoms with Crippen LogP contribution in [0, 0.1) is 0 Å². The first-order valence-electron chi connectivity index (χ1n) is 10.3. The number of anilines is 1. The topological polar surface area (TPSA) is 140 Å². The van der Waals surface area contributed by atoms with Crippen molar-refractivity contribution in [2.45, 2.75) is 0 Å². The van der Waals surface area contributed by atoms with Gasteiger partial charge in [0.25, 0.3) is 11.8 Å². The third kappa shape index (κ3) is 8.16. The number of nitrogens with one attached hydrogen (secondary N) is 1. The van der Waals surface area contributed by atoms with Crippen LogP contribution in [0.2, 0.25) is 0 Å². The summed E-state index contributed by atoms with van der Waals surface area (Å²) in [5.41, 5.74) is 8.28. The molecular weight excluding hydrogens is 472 g/mol. The van der Waals surface area contributed by atoms with Crippen molar-refractivity contribution in [1.82, 2.24) is 5.43 Å². The molecule has 2 amide bonds. The molecule has 0 heterocycles. The van der Waals surface area contributed by atoms with Crippen LogP contribution < -0.4 is 24.9 Å². The number of hydrazone groups is 1. The van der Waals surface area contributed by atoms with Gasteiger partial charge in [-0.1, -0.05) is 18.2 Å². The molecular formula is C24H24N4O6S. The number of sulfonamides is 1. The highest BCUT2D eigenvalue weighted by atomic mass is 32.2. The van der Waals surface area contributed by atoms with Crippen LogP contribution >= 0.6 is 0 Å². The molecule has 10 nitrogen and oxygen atoms in total. The Morgan fingerprint density at radius 3 is 2.14 bits per heavy atom. The van der Waals surface area contributed by atoms with Gasteiger partial charge >= 0.3 is 0 Å². The van der Waals surface area contributed by atoms with Gasteiger partial charge in [0, 0.05) is 0 Å². The van der Waals surface area contributed by atoms with Gasteiger partial charge in [-0.05, 0) is 66.2 Å². The summed E-state index contributed by atoms with van der Waals surface area (Å²) < 4.78 is 36.4. The van der Waals surface area contributed by atoms with Crippen LogP contribution in [-0.2, 0) is 19.6 Å². The molecule has 35 heavy (non-hydrogen) atoms. The molecule has 11 heteroatoms. The minimum Gasteiger partial charge on any atom is -0.484 e. The fourth-order valence-electron chi connectivity index (χ4n) is 2.85.